The van der Waals surface area contributed by atoms with Gasteiger partial charge in [-0.3, -0.25) is 4.98 Å². The highest BCUT2D eigenvalue weighted by atomic mass is 32.1. The van der Waals surface area contributed by atoms with E-state index < -0.39 is 0 Å². The van der Waals surface area contributed by atoms with Crippen molar-refractivity contribution in [3.05, 3.63) is 54.1 Å². The number of rotatable bonds is 4. The molecule has 3 aromatic rings. The molecule has 1 aliphatic heterocycles. The molecule has 0 unspecified atom stereocenters. The molecule has 5 nitrogen and oxygen atoms in total. The normalized spacial score (nSPS) is 15.2. The molecule has 0 saturated heterocycles. The number of hydrogen-bond acceptors (Lipinski definition) is 7. The monoisotopic (exact) mass is 396 g/mol. The van der Waals surface area contributed by atoms with Crippen LogP contribution in [-0.2, 0) is 4.74 Å². The van der Waals surface area contributed by atoms with Gasteiger partial charge in [-0.2, -0.15) is 0 Å². The van der Waals surface area contributed by atoms with Gasteiger partial charge >= 0.3 is 0 Å². The van der Waals surface area contributed by atoms with Crippen LogP contribution < -0.4 is 4.31 Å². The maximum atomic E-state index is 5.22. The van der Waals surface area contributed by atoms with Crippen LogP contribution in [0.4, 0.5) is 5.69 Å². The fourth-order valence-electron chi connectivity index (χ4n) is 3.12. The predicted octanol–water partition coefficient (Wildman–Crippen LogP) is 4.66. The van der Waals surface area contributed by atoms with E-state index in [9.17, 15) is 0 Å². The zero-order chi connectivity index (χ0) is 18.8. The van der Waals surface area contributed by atoms with Gasteiger partial charge in [0.25, 0.3) is 0 Å². The number of aryl methyl sites for hydroxylation is 1. The van der Waals surface area contributed by atoms with Gasteiger partial charge in [-0.15, -0.1) is 11.3 Å². The molecule has 138 valence electrons. The van der Waals surface area contributed by atoms with E-state index in [0.717, 1.165) is 51.2 Å². The topological polar surface area (TPSA) is 51.1 Å². The second-order valence-corrected chi connectivity index (χ2v) is 7.78. The molecule has 4 rings (SSSR count). The highest BCUT2D eigenvalue weighted by molar-refractivity contribution is 7.81. The van der Waals surface area contributed by atoms with E-state index in [1.54, 1.807) is 24.6 Å². The summed E-state index contributed by atoms with van der Waals surface area (Å²) >= 11 is 6.23. The number of ether oxygens (including phenoxy) is 1. The van der Waals surface area contributed by atoms with Gasteiger partial charge in [0.15, 0.2) is 0 Å². The number of aromatic nitrogens is 3. The summed E-state index contributed by atoms with van der Waals surface area (Å²) in [6, 6.07) is 8.10. The van der Waals surface area contributed by atoms with Crippen molar-refractivity contribution in [3.63, 3.8) is 0 Å². The minimum atomic E-state index is 0.581. The average Bonchev–Trinajstić information content (AvgIpc) is 3.10. The Morgan fingerprint density at radius 2 is 2.19 bits per heavy atom. The Balaban J connectivity index is 1.77. The molecular weight excluding hydrogens is 376 g/mol. The maximum absolute atomic E-state index is 5.22. The van der Waals surface area contributed by atoms with E-state index in [1.165, 1.54) is 5.57 Å². The number of thiol groups is 1. The van der Waals surface area contributed by atoms with Crippen molar-refractivity contribution in [2.45, 2.75) is 13.3 Å². The van der Waals surface area contributed by atoms with Crippen LogP contribution >= 0.6 is 24.2 Å². The summed E-state index contributed by atoms with van der Waals surface area (Å²) in [4.78, 5) is 15.0. The van der Waals surface area contributed by atoms with E-state index >= 15 is 0 Å². The van der Waals surface area contributed by atoms with E-state index in [2.05, 4.69) is 36.0 Å². The smallest absolute Gasteiger partial charge is 0.125 e. The summed E-state index contributed by atoms with van der Waals surface area (Å²) in [6.45, 7) is 3.47. The first-order chi connectivity index (χ1) is 13.2. The number of thiazole rings is 1. The number of nitrogens with zero attached hydrogens (tertiary/aromatic N) is 4. The Bertz CT molecular complexity index is 985. The Kier molecular flexibility index (Phi) is 5.24. The van der Waals surface area contributed by atoms with Gasteiger partial charge in [-0.1, -0.05) is 18.9 Å². The molecule has 3 aromatic heterocycles. The molecule has 0 amide bonds. The zero-order valence-corrected chi connectivity index (χ0v) is 16.9. The summed E-state index contributed by atoms with van der Waals surface area (Å²) in [7, 11) is 1.70. The Morgan fingerprint density at radius 3 is 2.96 bits per heavy atom. The molecular formula is C20H20N4OS2. The molecule has 0 atom stereocenters. The molecule has 0 spiro atoms. The third-order valence-electron chi connectivity index (χ3n) is 4.48. The molecule has 0 saturated carbocycles. The number of hydrogen-bond donors (Lipinski definition) is 1. The lowest BCUT2D eigenvalue weighted by Gasteiger charge is -2.27. The maximum Gasteiger partial charge on any atom is 0.125 e. The summed E-state index contributed by atoms with van der Waals surface area (Å²) in [6.07, 6.45) is 6.62. The summed E-state index contributed by atoms with van der Waals surface area (Å²) in [5.41, 5.74) is 6.15. The van der Waals surface area contributed by atoms with Gasteiger partial charge in [0.1, 0.15) is 5.01 Å². The second-order valence-electron chi connectivity index (χ2n) is 6.30. The molecule has 0 fully saturated rings. The largest absolute Gasteiger partial charge is 0.381 e. The summed E-state index contributed by atoms with van der Waals surface area (Å²) in [5.74, 6) is 0. The highest BCUT2D eigenvalue weighted by Crippen LogP contribution is 2.39. The van der Waals surface area contributed by atoms with Crippen LogP contribution in [0.5, 0.6) is 0 Å². The van der Waals surface area contributed by atoms with Crippen molar-refractivity contribution in [2.24, 2.45) is 0 Å². The fourth-order valence-corrected chi connectivity index (χ4v) is 4.41. The molecule has 0 bridgehead atoms. The number of methoxy groups -OCH3 is 1. The first-order valence-electron chi connectivity index (χ1n) is 8.71. The van der Waals surface area contributed by atoms with Crippen molar-refractivity contribution < 1.29 is 4.74 Å². The summed E-state index contributed by atoms with van der Waals surface area (Å²) in [5, 5.41) is 0.959. The number of fused-ring (bicyclic) bond motifs is 1. The number of pyridine rings is 2. The predicted molar refractivity (Wildman–Crippen MR) is 114 cm³/mol. The lowest BCUT2D eigenvalue weighted by molar-refractivity contribution is 0.234. The van der Waals surface area contributed by atoms with Crippen molar-refractivity contribution in [3.8, 4) is 21.1 Å². The average molecular weight is 397 g/mol. The van der Waals surface area contributed by atoms with Crippen molar-refractivity contribution in [2.75, 3.05) is 24.6 Å². The molecule has 0 aromatic carbocycles. The van der Waals surface area contributed by atoms with E-state index in [4.69, 9.17) is 14.7 Å². The van der Waals surface area contributed by atoms with Crippen molar-refractivity contribution in [1.82, 2.24) is 15.0 Å². The van der Waals surface area contributed by atoms with Crippen molar-refractivity contribution in [1.29, 1.82) is 0 Å². The minimum Gasteiger partial charge on any atom is -0.381 e. The van der Waals surface area contributed by atoms with Crippen LogP contribution in [0.2, 0.25) is 0 Å². The lowest BCUT2D eigenvalue weighted by Crippen LogP contribution is -2.20. The minimum absolute atomic E-state index is 0.581. The van der Waals surface area contributed by atoms with E-state index in [1.807, 2.05) is 29.6 Å². The van der Waals surface area contributed by atoms with Crippen LogP contribution in [0.3, 0.4) is 0 Å². The molecule has 0 aliphatic carbocycles. The van der Waals surface area contributed by atoms with Gasteiger partial charge in [0, 0.05) is 31.6 Å². The first-order valence-corrected chi connectivity index (χ1v) is 9.93. The standard InChI is InChI=1S/C20H20N4OS2/c1-13-19(27-20(22-13)15-4-3-9-21-12-15)16-5-6-17-18(23-16)14(8-11-25-2)7-10-24(17)26/h3-6,8-9,12,26H,7,10-11H2,1-2H3/b14-8-. The van der Waals surface area contributed by atoms with Crippen LogP contribution in [0.25, 0.3) is 26.7 Å². The third kappa shape index (κ3) is 3.63. The zero-order valence-electron chi connectivity index (χ0n) is 15.2. The van der Waals surface area contributed by atoms with E-state index in [0.29, 0.717) is 6.61 Å². The van der Waals surface area contributed by atoms with Crippen LogP contribution in [-0.4, -0.2) is 35.2 Å². The Morgan fingerprint density at radius 1 is 1.30 bits per heavy atom. The van der Waals surface area contributed by atoms with Crippen molar-refractivity contribution >= 4 is 35.4 Å². The van der Waals surface area contributed by atoms with E-state index in [-0.39, 0.29) is 0 Å². The molecule has 0 N–H and O–H groups in total. The second kappa shape index (κ2) is 7.80. The fraction of sp³-hybridized carbons (Fsp3) is 0.250. The molecule has 1 aliphatic rings. The molecule has 27 heavy (non-hydrogen) atoms. The SMILES string of the molecule is COC/C=C1/CCN(S)c2ccc(-c3sc(-c4cccnc4)nc3C)nc21. The van der Waals surface area contributed by atoms with Gasteiger partial charge in [0.2, 0.25) is 0 Å². The third-order valence-corrected chi connectivity index (χ3v) is 6.13. The van der Waals surface area contributed by atoms with Gasteiger partial charge in [0.05, 0.1) is 34.3 Å². The van der Waals surface area contributed by atoms with Gasteiger partial charge in [-0.05, 0) is 43.2 Å². The molecule has 7 heteroatoms. The molecule has 0 radical (unpaired) electrons. The molecule has 4 heterocycles. The van der Waals surface area contributed by atoms with Gasteiger partial charge in [-0.25, -0.2) is 9.97 Å². The van der Waals surface area contributed by atoms with Gasteiger partial charge < -0.3 is 9.04 Å². The summed E-state index contributed by atoms with van der Waals surface area (Å²) < 4.78 is 7.18. The van der Waals surface area contributed by atoms with Crippen LogP contribution in [0, 0.1) is 6.92 Å². The lowest BCUT2D eigenvalue weighted by atomic mass is 10.0. The van der Waals surface area contributed by atoms with Crippen LogP contribution in [0.1, 0.15) is 17.8 Å². The highest BCUT2D eigenvalue weighted by Gasteiger charge is 2.22. The number of anilines is 1. The van der Waals surface area contributed by atoms with Crippen LogP contribution in [0.15, 0.2) is 42.7 Å². The Labute approximate surface area is 168 Å². The quantitative estimate of drug-likeness (QED) is 0.650. The Hall–Kier alpha value is -2.22. The first kappa shape index (κ1) is 18.2.